The van der Waals surface area contributed by atoms with Crippen LogP contribution in [0.1, 0.15) is 29.7 Å². The molecule has 0 saturated heterocycles. The molecule has 0 spiro atoms. The van der Waals surface area contributed by atoms with E-state index in [0.29, 0.717) is 0 Å². The minimum Gasteiger partial charge on any atom is -0.306 e. The molecular formula is C16H17ClFN. The highest BCUT2D eigenvalue weighted by molar-refractivity contribution is 6.31. The molecule has 3 heteroatoms. The van der Waals surface area contributed by atoms with Gasteiger partial charge < -0.3 is 5.32 Å². The molecule has 1 atom stereocenters. The van der Waals surface area contributed by atoms with Crippen molar-refractivity contribution >= 4 is 11.6 Å². The summed E-state index contributed by atoms with van der Waals surface area (Å²) in [5, 5.41) is 4.19. The lowest BCUT2D eigenvalue weighted by molar-refractivity contribution is 0.571. The third-order valence-corrected chi connectivity index (χ3v) is 3.63. The molecule has 0 heterocycles. The fourth-order valence-corrected chi connectivity index (χ4v) is 2.09. The summed E-state index contributed by atoms with van der Waals surface area (Å²) in [7, 11) is 0. The summed E-state index contributed by atoms with van der Waals surface area (Å²) in [6, 6.07) is 12.8. The predicted octanol–water partition coefficient (Wildman–Crippen LogP) is 4.64. The van der Waals surface area contributed by atoms with Crippen molar-refractivity contribution in [2.75, 3.05) is 0 Å². The second-order valence-corrected chi connectivity index (χ2v) is 5.14. The van der Waals surface area contributed by atoms with E-state index in [-0.39, 0.29) is 11.9 Å². The van der Waals surface area contributed by atoms with E-state index in [1.807, 2.05) is 19.1 Å². The van der Waals surface area contributed by atoms with E-state index in [4.69, 9.17) is 11.6 Å². The molecule has 1 nitrogen and oxygen atoms in total. The first-order valence-corrected chi connectivity index (χ1v) is 6.68. The third kappa shape index (κ3) is 3.79. The van der Waals surface area contributed by atoms with Crippen LogP contribution in [0.4, 0.5) is 4.39 Å². The minimum absolute atomic E-state index is 0.167. The highest BCUT2D eigenvalue weighted by atomic mass is 35.5. The molecule has 0 unspecified atom stereocenters. The van der Waals surface area contributed by atoms with Crippen LogP contribution in [0, 0.1) is 12.7 Å². The third-order valence-electron chi connectivity index (χ3n) is 3.22. The normalized spacial score (nSPS) is 12.4. The molecule has 100 valence electrons. The van der Waals surface area contributed by atoms with E-state index in [1.54, 1.807) is 12.1 Å². The molecule has 2 rings (SSSR count). The van der Waals surface area contributed by atoms with Crippen LogP contribution in [0.3, 0.4) is 0 Å². The quantitative estimate of drug-likeness (QED) is 0.858. The van der Waals surface area contributed by atoms with Crippen LogP contribution in [0.15, 0.2) is 42.5 Å². The highest BCUT2D eigenvalue weighted by Crippen LogP contribution is 2.18. The smallest absolute Gasteiger partial charge is 0.123 e. The molecule has 0 aliphatic heterocycles. The van der Waals surface area contributed by atoms with Gasteiger partial charge in [-0.15, -0.1) is 0 Å². The molecule has 2 aromatic carbocycles. The number of hydrogen-bond donors (Lipinski definition) is 1. The lowest BCUT2D eigenvalue weighted by Gasteiger charge is -2.14. The van der Waals surface area contributed by atoms with Crippen LogP contribution < -0.4 is 5.32 Å². The molecule has 0 bridgehead atoms. The number of nitrogens with one attached hydrogen (secondary N) is 1. The summed E-state index contributed by atoms with van der Waals surface area (Å²) < 4.78 is 12.8. The van der Waals surface area contributed by atoms with E-state index in [0.717, 1.165) is 28.3 Å². The Balaban J connectivity index is 1.98. The van der Waals surface area contributed by atoms with Crippen molar-refractivity contribution in [1.29, 1.82) is 0 Å². The van der Waals surface area contributed by atoms with E-state index in [1.165, 1.54) is 12.1 Å². The number of halogens is 2. The first-order valence-electron chi connectivity index (χ1n) is 6.30. The Morgan fingerprint density at radius 3 is 2.47 bits per heavy atom. The van der Waals surface area contributed by atoms with Crippen LogP contribution in [0.5, 0.6) is 0 Å². The van der Waals surface area contributed by atoms with E-state index in [2.05, 4.69) is 18.3 Å². The average Bonchev–Trinajstić information content (AvgIpc) is 2.40. The van der Waals surface area contributed by atoms with Crippen LogP contribution in [0.25, 0.3) is 0 Å². The fourth-order valence-electron chi connectivity index (χ4n) is 1.89. The number of hydrogen-bond acceptors (Lipinski definition) is 1. The van der Waals surface area contributed by atoms with Gasteiger partial charge in [-0.3, -0.25) is 0 Å². The average molecular weight is 278 g/mol. The zero-order valence-corrected chi connectivity index (χ0v) is 11.8. The van der Waals surface area contributed by atoms with E-state index >= 15 is 0 Å². The summed E-state index contributed by atoms with van der Waals surface area (Å²) in [5.41, 5.74) is 3.29. The van der Waals surface area contributed by atoms with Gasteiger partial charge in [0, 0.05) is 17.6 Å². The Kier molecular flexibility index (Phi) is 4.56. The molecule has 0 saturated carbocycles. The maximum atomic E-state index is 12.8. The molecule has 1 N–H and O–H groups in total. The van der Waals surface area contributed by atoms with Gasteiger partial charge in [-0.05, 0) is 48.7 Å². The van der Waals surface area contributed by atoms with Crippen molar-refractivity contribution in [3.8, 4) is 0 Å². The van der Waals surface area contributed by atoms with Crippen LogP contribution in [-0.4, -0.2) is 0 Å². The molecule has 0 aliphatic carbocycles. The maximum Gasteiger partial charge on any atom is 0.123 e. The Bertz CT molecular complexity index is 551. The first-order chi connectivity index (χ1) is 9.06. The monoisotopic (exact) mass is 277 g/mol. The van der Waals surface area contributed by atoms with Crippen LogP contribution >= 0.6 is 11.6 Å². The van der Waals surface area contributed by atoms with Gasteiger partial charge in [-0.2, -0.15) is 0 Å². The zero-order chi connectivity index (χ0) is 13.8. The summed E-state index contributed by atoms with van der Waals surface area (Å²) in [4.78, 5) is 0. The molecule has 0 aromatic heterocycles. The number of aryl methyl sites for hydroxylation is 1. The second-order valence-electron chi connectivity index (χ2n) is 4.74. The molecule has 0 amide bonds. The SMILES string of the molecule is Cc1ccc(CN[C@@H](C)c2ccc(F)cc2)cc1Cl. The van der Waals surface area contributed by atoms with Gasteiger partial charge in [0.15, 0.2) is 0 Å². The van der Waals surface area contributed by atoms with Gasteiger partial charge in [-0.1, -0.05) is 35.9 Å². The second kappa shape index (κ2) is 6.18. The van der Waals surface area contributed by atoms with Crippen LogP contribution in [0.2, 0.25) is 5.02 Å². The van der Waals surface area contributed by atoms with Gasteiger partial charge in [0.25, 0.3) is 0 Å². The molecule has 19 heavy (non-hydrogen) atoms. The molecule has 2 aromatic rings. The van der Waals surface area contributed by atoms with Gasteiger partial charge in [0.2, 0.25) is 0 Å². The van der Waals surface area contributed by atoms with Crippen molar-refractivity contribution in [1.82, 2.24) is 5.32 Å². The van der Waals surface area contributed by atoms with Gasteiger partial charge in [-0.25, -0.2) is 4.39 Å². The Morgan fingerprint density at radius 1 is 1.16 bits per heavy atom. The van der Waals surface area contributed by atoms with Crippen molar-refractivity contribution in [2.45, 2.75) is 26.4 Å². The molecule has 0 aliphatic rings. The highest BCUT2D eigenvalue weighted by Gasteiger charge is 2.05. The summed E-state index contributed by atoms with van der Waals surface area (Å²) in [6.45, 7) is 4.78. The summed E-state index contributed by atoms with van der Waals surface area (Å²) >= 11 is 6.09. The Labute approximate surface area is 118 Å². The summed E-state index contributed by atoms with van der Waals surface area (Å²) in [6.07, 6.45) is 0. The standard InChI is InChI=1S/C16H17ClFN/c1-11-3-4-13(9-16(11)17)10-19-12(2)14-5-7-15(18)8-6-14/h3-9,12,19H,10H2,1-2H3/t12-/m0/s1. The lowest BCUT2D eigenvalue weighted by atomic mass is 10.1. The first kappa shape index (κ1) is 14.0. The van der Waals surface area contributed by atoms with E-state index in [9.17, 15) is 4.39 Å². The minimum atomic E-state index is -0.207. The Hall–Kier alpha value is -1.38. The summed E-state index contributed by atoms with van der Waals surface area (Å²) in [5.74, 6) is -0.207. The van der Waals surface area contributed by atoms with Gasteiger partial charge in [0.1, 0.15) is 5.82 Å². The fraction of sp³-hybridized carbons (Fsp3) is 0.250. The maximum absolute atomic E-state index is 12.8. The predicted molar refractivity (Wildman–Crippen MR) is 77.8 cm³/mol. The zero-order valence-electron chi connectivity index (χ0n) is 11.1. The largest absolute Gasteiger partial charge is 0.306 e. The van der Waals surface area contributed by atoms with Gasteiger partial charge >= 0.3 is 0 Å². The topological polar surface area (TPSA) is 12.0 Å². The number of rotatable bonds is 4. The molecular weight excluding hydrogens is 261 g/mol. The van der Waals surface area contributed by atoms with E-state index < -0.39 is 0 Å². The Morgan fingerprint density at radius 2 is 1.84 bits per heavy atom. The lowest BCUT2D eigenvalue weighted by Crippen LogP contribution is -2.18. The van der Waals surface area contributed by atoms with Crippen molar-refractivity contribution < 1.29 is 4.39 Å². The molecule has 0 radical (unpaired) electrons. The van der Waals surface area contributed by atoms with Crippen LogP contribution in [-0.2, 0) is 6.54 Å². The van der Waals surface area contributed by atoms with Crippen molar-refractivity contribution in [3.05, 3.63) is 70.0 Å². The van der Waals surface area contributed by atoms with Crippen molar-refractivity contribution in [3.63, 3.8) is 0 Å². The molecule has 0 fully saturated rings. The number of benzene rings is 2. The van der Waals surface area contributed by atoms with Gasteiger partial charge in [0.05, 0.1) is 0 Å². The van der Waals surface area contributed by atoms with Crippen molar-refractivity contribution in [2.24, 2.45) is 0 Å².